The number of carbonyl (C=O) groups excluding carboxylic acids is 1. The van der Waals surface area contributed by atoms with Gasteiger partial charge in [0, 0.05) is 30.3 Å². The molecule has 0 spiro atoms. The van der Waals surface area contributed by atoms with E-state index in [9.17, 15) is 13.2 Å². The Hall–Kier alpha value is -2.07. The lowest BCUT2D eigenvalue weighted by Gasteiger charge is -2.13. The second-order valence-electron chi connectivity index (χ2n) is 5.24. The first-order valence-corrected chi connectivity index (χ1v) is 9.82. The summed E-state index contributed by atoms with van der Waals surface area (Å²) in [4.78, 5) is 16.0. The number of benzene rings is 1. The van der Waals surface area contributed by atoms with E-state index in [1.54, 1.807) is 18.5 Å². The number of hydrogen-bond donors (Lipinski definition) is 2. The Balaban J connectivity index is 1.98. The van der Waals surface area contributed by atoms with Crippen molar-refractivity contribution in [2.45, 2.75) is 17.9 Å². The first-order valence-electron chi connectivity index (χ1n) is 7.39. The first-order chi connectivity index (χ1) is 11.9. The molecule has 2 N–H and O–H groups in total. The zero-order valence-electron chi connectivity index (χ0n) is 13.8. The van der Waals surface area contributed by atoms with Crippen LogP contribution in [0.25, 0.3) is 6.08 Å². The molecule has 0 aliphatic carbocycles. The van der Waals surface area contributed by atoms with Crippen LogP contribution in [0.1, 0.15) is 12.6 Å². The predicted octanol–water partition coefficient (Wildman–Crippen LogP) is 2.11. The summed E-state index contributed by atoms with van der Waals surface area (Å²) in [6.45, 7) is 1.99. The van der Waals surface area contributed by atoms with Crippen molar-refractivity contribution in [2.24, 2.45) is 0 Å². The van der Waals surface area contributed by atoms with Crippen LogP contribution in [-0.4, -0.2) is 39.1 Å². The molecule has 1 amide bonds. The minimum absolute atomic E-state index is 0.117. The van der Waals surface area contributed by atoms with Crippen molar-refractivity contribution in [3.8, 4) is 0 Å². The Morgan fingerprint density at radius 2 is 2.08 bits per heavy atom. The van der Waals surface area contributed by atoms with Crippen LogP contribution >= 0.6 is 11.3 Å². The van der Waals surface area contributed by atoms with E-state index in [0.29, 0.717) is 11.4 Å². The largest absolute Gasteiger partial charge is 0.383 e. The van der Waals surface area contributed by atoms with Crippen LogP contribution in [-0.2, 0) is 19.6 Å². The first kappa shape index (κ1) is 19.3. The van der Waals surface area contributed by atoms with Gasteiger partial charge >= 0.3 is 0 Å². The van der Waals surface area contributed by atoms with Gasteiger partial charge in [-0.25, -0.2) is 18.1 Å². The number of amides is 1. The zero-order chi connectivity index (χ0) is 18.3. The number of anilines is 1. The van der Waals surface area contributed by atoms with E-state index in [2.05, 4.69) is 15.0 Å². The summed E-state index contributed by atoms with van der Waals surface area (Å²) in [7, 11) is -2.13. The van der Waals surface area contributed by atoms with E-state index in [-0.39, 0.29) is 23.5 Å². The van der Waals surface area contributed by atoms with E-state index < -0.39 is 10.0 Å². The van der Waals surface area contributed by atoms with Crippen molar-refractivity contribution in [1.82, 2.24) is 9.71 Å². The molecule has 0 saturated heterocycles. The lowest BCUT2D eigenvalue weighted by atomic mass is 10.3. The SMILES string of the molecule is COCC(C)NS(=O)(=O)c1ccc(NC(=O)/C=C/c2cscn2)cc1. The molecule has 134 valence electrons. The molecule has 0 aliphatic heterocycles. The van der Waals surface area contributed by atoms with Gasteiger partial charge in [0.05, 0.1) is 22.7 Å². The topological polar surface area (TPSA) is 97.4 Å². The number of aromatic nitrogens is 1. The quantitative estimate of drug-likeness (QED) is 0.683. The van der Waals surface area contributed by atoms with Crippen LogP contribution in [0, 0.1) is 0 Å². The van der Waals surface area contributed by atoms with Gasteiger partial charge in [0.1, 0.15) is 0 Å². The molecule has 0 bridgehead atoms. The number of carbonyl (C=O) groups is 1. The molecule has 1 unspecified atom stereocenters. The van der Waals surface area contributed by atoms with Gasteiger partial charge in [0.2, 0.25) is 15.9 Å². The second-order valence-corrected chi connectivity index (χ2v) is 7.67. The van der Waals surface area contributed by atoms with E-state index in [0.717, 1.165) is 0 Å². The number of ether oxygens (including phenoxy) is 1. The number of methoxy groups -OCH3 is 1. The van der Waals surface area contributed by atoms with Gasteiger partial charge < -0.3 is 10.1 Å². The van der Waals surface area contributed by atoms with Crippen LogP contribution in [0.3, 0.4) is 0 Å². The standard InChI is InChI=1S/C16H19N3O4S2/c1-12(9-23-2)19-25(21,22)15-6-3-13(4-7-15)18-16(20)8-5-14-10-24-11-17-14/h3-8,10-12,19H,9H2,1-2H3,(H,18,20)/b8-5+. The van der Waals surface area contributed by atoms with Gasteiger partial charge in [-0.15, -0.1) is 11.3 Å². The molecular weight excluding hydrogens is 362 g/mol. The fourth-order valence-electron chi connectivity index (χ4n) is 1.98. The number of nitrogens with zero attached hydrogens (tertiary/aromatic N) is 1. The smallest absolute Gasteiger partial charge is 0.248 e. The van der Waals surface area contributed by atoms with Gasteiger partial charge in [-0.05, 0) is 37.3 Å². The molecule has 1 aromatic heterocycles. The van der Waals surface area contributed by atoms with E-state index in [1.165, 1.54) is 48.8 Å². The molecule has 1 heterocycles. The van der Waals surface area contributed by atoms with E-state index in [1.807, 2.05) is 5.38 Å². The minimum atomic E-state index is -3.63. The minimum Gasteiger partial charge on any atom is -0.383 e. The Kier molecular flexibility index (Phi) is 6.82. The van der Waals surface area contributed by atoms with Crippen molar-refractivity contribution >= 4 is 39.0 Å². The normalized spacial score (nSPS) is 13.0. The van der Waals surface area contributed by atoms with Crippen LogP contribution in [0.2, 0.25) is 0 Å². The average molecular weight is 381 g/mol. The van der Waals surface area contributed by atoms with Crippen molar-refractivity contribution in [3.63, 3.8) is 0 Å². The lowest BCUT2D eigenvalue weighted by Crippen LogP contribution is -2.35. The third-order valence-electron chi connectivity index (χ3n) is 3.06. The molecule has 0 fully saturated rings. The predicted molar refractivity (Wildman–Crippen MR) is 97.9 cm³/mol. The van der Waals surface area contributed by atoms with Gasteiger partial charge in [-0.3, -0.25) is 4.79 Å². The summed E-state index contributed by atoms with van der Waals surface area (Å²) >= 11 is 1.44. The van der Waals surface area contributed by atoms with Crippen molar-refractivity contribution in [3.05, 3.63) is 46.9 Å². The van der Waals surface area contributed by atoms with Crippen LogP contribution in [0.4, 0.5) is 5.69 Å². The molecule has 1 aromatic carbocycles. The molecule has 2 aromatic rings. The molecular formula is C16H19N3O4S2. The number of thiazole rings is 1. The summed E-state index contributed by atoms with van der Waals surface area (Å²) in [5.74, 6) is -0.324. The highest BCUT2D eigenvalue weighted by atomic mass is 32.2. The zero-order valence-corrected chi connectivity index (χ0v) is 15.4. The maximum Gasteiger partial charge on any atom is 0.248 e. The van der Waals surface area contributed by atoms with Crippen molar-refractivity contribution < 1.29 is 17.9 Å². The summed E-state index contributed by atoms with van der Waals surface area (Å²) in [6, 6.07) is 5.59. The fourth-order valence-corrected chi connectivity index (χ4v) is 3.73. The Morgan fingerprint density at radius 1 is 1.36 bits per heavy atom. The van der Waals surface area contributed by atoms with Gasteiger partial charge in [-0.1, -0.05) is 0 Å². The highest BCUT2D eigenvalue weighted by molar-refractivity contribution is 7.89. The van der Waals surface area contributed by atoms with Gasteiger partial charge in [0.25, 0.3) is 0 Å². The average Bonchev–Trinajstić information content (AvgIpc) is 3.06. The lowest BCUT2D eigenvalue weighted by molar-refractivity contribution is -0.111. The Labute approximate surface area is 150 Å². The molecule has 1 atom stereocenters. The van der Waals surface area contributed by atoms with Crippen LogP contribution in [0.5, 0.6) is 0 Å². The molecule has 0 saturated carbocycles. The number of hydrogen-bond acceptors (Lipinski definition) is 6. The summed E-state index contributed by atoms with van der Waals surface area (Å²) in [5, 5.41) is 4.48. The number of nitrogens with one attached hydrogen (secondary N) is 2. The monoisotopic (exact) mass is 381 g/mol. The molecule has 0 aliphatic rings. The van der Waals surface area contributed by atoms with E-state index >= 15 is 0 Å². The van der Waals surface area contributed by atoms with Crippen LogP contribution < -0.4 is 10.0 Å². The van der Waals surface area contributed by atoms with Crippen molar-refractivity contribution in [2.75, 3.05) is 19.0 Å². The summed E-state index contributed by atoms with van der Waals surface area (Å²) in [5.41, 5.74) is 2.88. The number of rotatable bonds is 8. The van der Waals surface area contributed by atoms with Crippen molar-refractivity contribution in [1.29, 1.82) is 0 Å². The Bertz CT molecular complexity index is 816. The summed E-state index contributed by atoms with van der Waals surface area (Å²) < 4.78 is 31.9. The molecule has 7 nitrogen and oxygen atoms in total. The molecule has 9 heteroatoms. The molecule has 2 rings (SSSR count). The maximum absolute atomic E-state index is 12.2. The highest BCUT2D eigenvalue weighted by Crippen LogP contribution is 2.14. The summed E-state index contributed by atoms with van der Waals surface area (Å²) in [6.07, 6.45) is 2.97. The third-order valence-corrected chi connectivity index (χ3v) is 5.27. The fraction of sp³-hybridized carbons (Fsp3) is 0.250. The molecule has 0 radical (unpaired) electrons. The molecule has 25 heavy (non-hydrogen) atoms. The van der Waals surface area contributed by atoms with E-state index in [4.69, 9.17) is 4.74 Å². The highest BCUT2D eigenvalue weighted by Gasteiger charge is 2.17. The third kappa shape index (κ3) is 6.05. The van der Waals surface area contributed by atoms with Crippen LogP contribution in [0.15, 0.2) is 46.1 Å². The van der Waals surface area contributed by atoms with Gasteiger partial charge in [0.15, 0.2) is 0 Å². The second kappa shape index (κ2) is 8.86. The Morgan fingerprint density at radius 3 is 2.68 bits per heavy atom. The maximum atomic E-state index is 12.2. The number of sulfonamides is 1. The van der Waals surface area contributed by atoms with Gasteiger partial charge in [-0.2, -0.15) is 0 Å².